The first kappa shape index (κ1) is 18.9. The normalized spacial score (nSPS) is 10.4. The summed E-state index contributed by atoms with van der Waals surface area (Å²) in [7, 11) is 0. The summed E-state index contributed by atoms with van der Waals surface area (Å²) in [6.07, 6.45) is 6.31. The maximum Gasteiger partial charge on any atom is 0.313 e. The summed E-state index contributed by atoms with van der Waals surface area (Å²) in [5.41, 5.74) is 2.03. The highest BCUT2D eigenvalue weighted by molar-refractivity contribution is 6.39. The molecular formula is C18H15Cl2N5O2. The molecule has 0 radical (unpaired) electrons. The number of benzene rings is 1. The van der Waals surface area contributed by atoms with Gasteiger partial charge in [-0.2, -0.15) is 5.10 Å². The van der Waals surface area contributed by atoms with Crippen LogP contribution in [0.4, 0.5) is 5.69 Å². The van der Waals surface area contributed by atoms with Gasteiger partial charge in [0, 0.05) is 35.2 Å². The monoisotopic (exact) mass is 403 g/mol. The molecule has 27 heavy (non-hydrogen) atoms. The number of hydrogen-bond donors (Lipinski definition) is 2. The predicted octanol–water partition coefficient (Wildman–Crippen LogP) is 2.89. The van der Waals surface area contributed by atoms with Crippen molar-refractivity contribution in [2.24, 2.45) is 0 Å². The van der Waals surface area contributed by atoms with Gasteiger partial charge in [0.15, 0.2) is 0 Å². The van der Waals surface area contributed by atoms with Gasteiger partial charge in [0.05, 0.1) is 18.4 Å². The van der Waals surface area contributed by atoms with E-state index in [1.165, 1.54) is 6.20 Å². The highest BCUT2D eigenvalue weighted by Crippen LogP contribution is 2.22. The van der Waals surface area contributed by atoms with Crippen molar-refractivity contribution in [2.45, 2.75) is 13.1 Å². The molecule has 3 rings (SSSR count). The van der Waals surface area contributed by atoms with Crippen molar-refractivity contribution in [1.29, 1.82) is 0 Å². The Kier molecular flexibility index (Phi) is 6.05. The molecule has 0 bridgehead atoms. The van der Waals surface area contributed by atoms with Crippen LogP contribution in [0.1, 0.15) is 11.1 Å². The Morgan fingerprint density at radius 2 is 1.96 bits per heavy atom. The fraction of sp³-hybridized carbons (Fsp3) is 0.111. The topological polar surface area (TPSA) is 88.9 Å². The highest BCUT2D eigenvalue weighted by Gasteiger charge is 2.14. The molecule has 0 saturated heterocycles. The fourth-order valence-electron chi connectivity index (χ4n) is 2.29. The van der Waals surface area contributed by atoms with Crippen LogP contribution in [0.3, 0.4) is 0 Å². The number of carbonyl (C=O) groups is 2. The van der Waals surface area contributed by atoms with E-state index in [-0.39, 0.29) is 6.54 Å². The maximum absolute atomic E-state index is 12.0. The van der Waals surface area contributed by atoms with Gasteiger partial charge in [-0.1, -0.05) is 35.3 Å². The van der Waals surface area contributed by atoms with Crippen molar-refractivity contribution in [3.63, 3.8) is 0 Å². The van der Waals surface area contributed by atoms with Crippen LogP contribution in [0, 0.1) is 0 Å². The van der Waals surface area contributed by atoms with Crippen LogP contribution in [0.5, 0.6) is 0 Å². The van der Waals surface area contributed by atoms with Crippen LogP contribution < -0.4 is 10.6 Å². The predicted molar refractivity (Wildman–Crippen MR) is 103 cm³/mol. The van der Waals surface area contributed by atoms with E-state index in [1.807, 2.05) is 0 Å². The van der Waals surface area contributed by atoms with Gasteiger partial charge < -0.3 is 10.6 Å². The number of anilines is 1. The number of hydrogen-bond acceptors (Lipinski definition) is 4. The molecule has 9 heteroatoms. The van der Waals surface area contributed by atoms with Gasteiger partial charge in [0.2, 0.25) is 0 Å². The minimum Gasteiger partial charge on any atom is -0.344 e. The third-order valence-electron chi connectivity index (χ3n) is 3.62. The molecule has 2 heterocycles. The average Bonchev–Trinajstić information content (AvgIpc) is 3.10. The van der Waals surface area contributed by atoms with Gasteiger partial charge in [0.1, 0.15) is 0 Å². The molecule has 0 aliphatic heterocycles. The Hall–Kier alpha value is -2.90. The van der Waals surface area contributed by atoms with Gasteiger partial charge in [-0.05, 0) is 29.3 Å². The summed E-state index contributed by atoms with van der Waals surface area (Å²) in [5, 5.41) is 10.3. The minimum absolute atomic E-state index is 0.217. The molecule has 0 unspecified atom stereocenters. The van der Waals surface area contributed by atoms with Crippen molar-refractivity contribution in [2.75, 3.05) is 5.32 Å². The molecule has 0 spiro atoms. The lowest BCUT2D eigenvalue weighted by Crippen LogP contribution is -2.34. The first-order chi connectivity index (χ1) is 13.0. The Labute approximate surface area is 165 Å². The number of carbonyl (C=O) groups excluding carboxylic acids is 2. The van der Waals surface area contributed by atoms with Crippen LogP contribution in [0.2, 0.25) is 10.0 Å². The second-order valence-electron chi connectivity index (χ2n) is 5.66. The van der Waals surface area contributed by atoms with Gasteiger partial charge in [-0.15, -0.1) is 0 Å². The SMILES string of the molecule is O=C(NCc1cccnc1)C(=O)Nc1cnn(Cc2ccc(Cl)cc2Cl)c1. The lowest BCUT2D eigenvalue weighted by atomic mass is 10.2. The highest BCUT2D eigenvalue weighted by atomic mass is 35.5. The molecule has 0 atom stereocenters. The first-order valence-electron chi connectivity index (χ1n) is 7.96. The maximum atomic E-state index is 12.0. The average molecular weight is 404 g/mol. The Bertz CT molecular complexity index is 959. The van der Waals surface area contributed by atoms with E-state index in [0.29, 0.717) is 22.3 Å². The molecule has 1 aromatic carbocycles. The van der Waals surface area contributed by atoms with Crippen LogP contribution in [0.25, 0.3) is 0 Å². The summed E-state index contributed by atoms with van der Waals surface area (Å²) < 4.78 is 1.60. The summed E-state index contributed by atoms with van der Waals surface area (Å²) in [4.78, 5) is 27.8. The first-order valence-corrected chi connectivity index (χ1v) is 8.71. The van der Waals surface area contributed by atoms with Crippen LogP contribution in [-0.4, -0.2) is 26.6 Å². The Morgan fingerprint density at radius 3 is 2.70 bits per heavy atom. The molecule has 0 saturated carbocycles. The lowest BCUT2D eigenvalue weighted by molar-refractivity contribution is -0.136. The zero-order valence-corrected chi connectivity index (χ0v) is 15.5. The van der Waals surface area contributed by atoms with Crippen molar-refractivity contribution in [1.82, 2.24) is 20.1 Å². The molecule has 2 N–H and O–H groups in total. The van der Waals surface area contributed by atoms with Crippen molar-refractivity contribution < 1.29 is 9.59 Å². The zero-order chi connectivity index (χ0) is 19.2. The lowest BCUT2D eigenvalue weighted by Gasteiger charge is -2.06. The molecule has 138 valence electrons. The number of pyridine rings is 1. The Morgan fingerprint density at radius 1 is 1.11 bits per heavy atom. The quantitative estimate of drug-likeness (QED) is 0.640. The molecule has 2 amide bonds. The standard InChI is InChI=1S/C18H15Cl2N5O2/c19-14-4-3-13(16(20)6-14)10-25-11-15(9-23-25)24-18(27)17(26)22-8-12-2-1-5-21-7-12/h1-7,9,11H,8,10H2,(H,22,26)(H,24,27). The van der Waals surface area contributed by atoms with E-state index in [1.54, 1.807) is 53.6 Å². The smallest absolute Gasteiger partial charge is 0.313 e. The largest absolute Gasteiger partial charge is 0.344 e. The second kappa shape index (κ2) is 8.66. The summed E-state index contributed by atoms with van der Waals surface area (Å²) >= 11 is 12.0. The number of halogens is 2. The summed E-state index contributed by atoms with van der Waals surface area (Å²) in [5.74, 6) is -1.52. The third-order valence-corrected chi connectivity index (χ3v) is 4.21. The fourth-order valence-corrected chi connectivity index (χ4v) is 2.76. The zero-order valence-electron chi connectivity index (χ0n) is 14.0. The van der Waals surface area contributed by atoms with E-state index in [2.05, 4.69) is 20.7 Å². The van der Waals surface area contributed by atoms with Crippen molar-refractivity contribution in [3.8, 4) is 0 Å². The van der Waals surface area contributed by atoms with E-state index in [9.17, 15) is 9.59 Å². The third kappa shape index (κ3) is 5.29. The summed E-state index contributed by atoms with van der Waals surface area (Å²) in [6.45, 7) is 0.619. The number of nitrogens with one attached hydrogen (secondary N) is 2. The van der Waals surface area contributed by atoms with Crippen LogP contribution in [0.15, 0.2) is 55.1 Å². The van der Waals surface area contributed by atoms with Gasteiger partial charge in [0.25, 0.3) is 0 Å². The number of rotatable bonds is 5. The Balaban J connectivity index is 1.55. The molecule has 3 aromatic rings. The second-order valence-corrected chi connectivity index (χ2v) is 6.50. The molecule has 2 aromatic heterocycles. The van der Waals surface area contributed by atoms with Gasteiger partial charge >= 0.3 is 11.8 Å². The van der Waals surface area contributed by atoms with Gasteiger partial charge in [-0.25, -0.2) is 0 Å². The number of amides is 2. The molecule has 0 fully saturated rings. The molecular weight excluding hydrogens is 389 g/mol. The number of aromatic nitrogens is 3. The van der Waals surface area contributed by atoms with Gasteiger partial charge in [-0.3, -0.25) is 19.3 Å². The molecule has 0 aliphatic rings. The molecule has 7 nitrogen and oxygen atoms in total. The molecule has 0 aliphatic carbocycles. The van der Waals surface area contributed by atoms with Crippen LogP contribution >= 0.6 is 23.2 Å². The van der Waals surface area contributed by atoms with Crippen LogP contribution in [-0.2, 0) is 22.7 Å². The van der Waals surface area contributed by atoms with E-state index >= 15 is 0 Å². The van der Waals surface area contributed by atoms with E-state index < -0.39 is 11.8 Å². The number of nitrogens with zero attached hydrogens (tertiary/aromatic N) is 3. The van der Waals surface area contributed by atoms with E-state index in [4.69, 9.17) is 23.2 Å². The van der Waals surface area contributed by atoms with Crippen molar-refractivity contribution in [3.05, 3.63) is 76.3 Å². The summed E-state index contributed by atoms with van der Waals surface area (Å²) in [6, 6.07) is 8.75. The minimum atomic E-state index is -0.775. The van der Waals surface area contributed by atoms with Crippen molar-refractivity contribution >= 4 is 40.7 Å². The van der Waals surface area contributed by atoms with E-state index in [0.717, 1.165) is 11.1 Å².